The second-order valence-electron chi connectivity index (χ2n) is 6.65. The monoisotopic (exact) mass is 393 g/mol. The van der Waals surface area contributed by atoms with Gasteiger partial charge in [0.15, 0.2) is 0 Å². The zero-order valence-electron chi connectivity index (χ0n) is 15.6. The minimum absolute atomic E-state index is 0.0729. The lowest BCUT2D eigenvalue weighted by atomic mass is 10.0. The van der Waals surface area contributed by atoms with Gasteiger partial charge in [-0.3, -0.25) is 9.59 Å². The standard InChI is InChI=1S/C21H22F3NO3/c1-14(2)28-20(27)13-18(16-8-4-3-5-9-16)25-19(26)12-15-7-6-10-17(11-15)21(22,23)24/h3-11,14,18H,12-13H2,1-2H3,(H,25,26). The molecule has 0 aliphatic rings. The topological polar surface area (TPSA) is 55.4 Å². The van der Waals surface area contributed by atoms with E-state index in [-0.39, 0.29) is 24.5 Å². The van der Waals surface area contributed by atoms with E-state index in [1.807, 2.05) is 0 Å². The van der Waals surface area contributed by atoms with E-state index in [2.05, 4.69) is 5.32 Å². The zero-order valence-corrected chi connectivity index (χ0v) is 15.6. The first-order valence-corrected chi connectivity index (χ1v) is 8.85. The molecular formula is C21H22F3NO3. The lowest BCUT2D eigenvalue weighted by molar-refractivity contribution is -0.148. The molecule has 7 heteroatoms. The maximum atomic E-state index is 12.8. The van der Waals surface area contributed by atoms with Gasteiger partial charge in [-0.2, -0.15) is 13.2 Å². The van der Waals surface area contributed by atoms with Crippen LogP contribution in [0.3, 0.4) is 0 Å². The van der Waals surface area contributed by atoms with Crippen molar-refractivity contribution in [2.45, 2.75) is 45.0 Å². The zero-order chi connectivity index (χ0) is 20.7. The molecule has 4 nitrogen and oxygen atoms in total. The molecule has 0 aliphatic heterocycles. The SMILES string of the molecule is CC(C)OC(=O)CC(NC(=O)Cc1cccc(C(F)(F)F)c1)c1ccccc1. The van der Waals surface area contributed by atoms with Crippen LogP contribution in [0.25, 0.3) is 0 Å². The predicted octanol–water partition coefficient (Wildman–Crippen LogP) is 4.45. The van der Waals surface area contributed by atoms with Gasteiger partial charge >= 0.3 is 12.1 Å². The molecule has 0 radical (unpaired) electrons. The van der Waals surface area contributed by atoms with Gasteiger partial charge < -0.3 is 10.1 Å². The summed E-state index contributed by atoms with van der Waals surface area (Å²) in [6, 6.07) is 12.9. The summed E-state index contributed by atoms with van der Waals surface area (Å²) in [6.45, 7) is 3.45. The summed E-state index contributed by atoms with van der Waals surface area (Å²) in [5.41, 5.74) is 0.141. The molecule has 1 amide bonds. The second-order valence-corrected chi connectivity index (χ2v) is 6.65. The van der Waals surface area contributed by atoms with E-state index in [4.69, 9.17) is 4.74 Å². The third kappa shape index (κ3) is 6.72. The number of halogens is 3. The second kappa shape index (κ2) is 9.39. The Morgan fingerprint density at radius 3 is 2.32 bits per heavy atom. The fourth-order valence-electron chi connectivity index (χ4n) is 2.70. The summed E-state index contributed by atoms with van der Waals surface area (Å²) in [5, 5.41) is 2.72. The Balaban J connectivity index is 2.11. The highest BCUT2D eigenvalue weighted by Crippen LogP contribution is 2.29. The van der Waals surface area contributed by atoms with Crippen molar-refractivity contribution < 1.29 is 27.5 Å². The molecule has 1 N–H and O–H groups in total. The number of hydrogen-bond acceptors (Lipinski definition) is 3. The molecule has 0 aromatic heterocycles. The molecule has 150 valence electrons. The van der Waals surface area contributed by atoms with Crippen LogP contribution in [0, 0.1) is 0 Å². The number of benzene rings is 2. The lowest BCUT2D eigenvalue weighted by Crippen LogP contribution is -2.32. The fourth-order valence-corrected chi connectivity index (χ4v) is 2.70. The Labute approximate surface area is 161 Å². The molecule has 0 spiro atoms. The van der Waals surface area contributed by atoms with E-state index < -0.39 is 29.7 Å². The molecule has 0 bridgehead atoms. The van der Waals surface area contributed by atoms with Gasteiger partial charge in [0.25, 0.3) is 0 Å². The third-order valence-electron chi connectivity index (χ3n) is 3.89. The van der Waals surface area contributed by atoms with E-state index in [9.17, 15) is 22.8 Å². The summed E-state index contributed by atoms with van der Waals surface area (Å²) >= 11 is 0. The number of amides is 1. The molecule has 2 rings (SSSR count). The van der Waals surface area contributed by atoms with Gasteiger partial charge in [0.1, 0.15) is 0 Å². The van der Waals surface area contributed by atoms with Crippen LogP contribution in [0.5, 0.6) is 0 Å². The van der Waals surface area contributed by atoms with E-state index in [1.165, 1.54) is 12.1 Å². The van der Waals surface area contributed by atoms with E-state index in [1.54, 1.807) is 44.2 Å². The molecule has 0 heterocycles. The maximum absolute atomic E-state index is 12.8. The number of carbonyl (C=O) groups is 2. The Bertz CT molecular complexity index is 804. The van der Waals surface area contributed by atoms with Crippen molar-refractivity contribution >= 4 is 11.9 Å². The van der Waals surface area contributed by atoms with Gasteiger partial charge in [0.05, 0.1) is 30.6 Å². The number of hydrogen-bond donors (Lipinski definition) is 1. The minimum Gasteiger partial charge on any atom is -0.463 e. The van der Waals surface area contributed by atoms with Gasteiger partial charge in [-0.25, -0.2) is 0 Å². The highest BCUT2D eigenvalue weighted by Gasteiger charge is 2.30. The molecule has 1 unspecified atom stereocenters. The van der Waals surface area contributed by atoms with Crippen LogP contribution in [0.4, 0.5) is 13.2 Å². The summed E-state index contributed by atoms with van der Waals surface area (Å²) < 4.78 is 43.6. The van der Waals surface area contributed by atoms with Gasteiger partial charge in [-0.15, -0.1) is 0 Å². The fraction of sp³-hybridized carbons (Fsp3) is 0.333. The van der Waals surface area contributed by atoms with Crippen LogP contribution in [-0.4, -0.2) is 18.0 Å². The molecule has 28 heavy (non-hydrogen) atoms. The summed E-state index contributed by atoms with van der Waals surface area (Å²) in [5.74, 6) is -0.950. The Kier molecular flexibility index (Phi) is 7.20. The molecule has 1 atom stereocenters. The molecule has 0 fully saturated rings. The van der Waals surface area contributed by atoms with Gasteiger partial charge in [-0.1, -0.05) is 48.5 Å². The van der Waals surface area contributed by atoms with Crippen molar-refractivity contribution in [2.75, 3.05) is 0 Å². The largest absolute Gasteiger partial charge is 0.463 e. The first-order valence-electron chi connectivity index (χ1n) is 8.85. The van der Waals surface area contributed by atoms with Crippen molar-refractivity contribution in [3.63, 3.8) is 0 Å². The van der Waals surface area contributed by atoms with Crippen LogP contribution >= 0.6 is 0 Å². The molecule has 2 aromatic rings. The van der Waals surface area contributed by atoms with Crippen molar-refractivity contribution in [3.8, 4) is 0 Å². The normalized spacial score (nSPS) is 12.5. The van der Waals surface area contributed by atoms with Crippen molar-refractivity contribution in [1.29, 1.82) is 0 Å². The Hall–Kier alpha value is -2.83. The maximum Gasteiger partial charge on any atom is 0.416 e. The number of carbonyl (C=O) groups excluding carboxylic acids is 2. The number of esters is 1. The first kappa shape index (κ1) is 21.5. The smallest absolute Gasteiger partial charge is 0.416 e. The van der Waals surface area contributed by atoms with Crippen LogP contribution in [0.1, 0.15) is 43.0 Å². The molecular weight excluding hydrogens is 371 g/mol. The van der Waals surface area contributed by atoms with Crippen LogP contribution < -0.4 is 5.32 Å². The Morgan fingerprint density at radius 1 is 1.04 bits per heavy atom. The van der Waals surface area contributed by atoms with Gasteiger partial charge in [-0.05, 0) is 31.0 Å². The molecule has 0 saturated carbocycles. The first-order chi connectivity index (χ1) is 13.1. The summed E-state index contributed by atoms with van der Waals surface area (Å²) in [4.78, 5) is 24.4. The molecule has 2 aromatic carbocycles. The van der Waals surface area contributed by atoms with Crippen molar-refractivity contribution in [1.82, 2.24) is 5.32 Å². The van der Waals surface area contributed by atoms with E-state index in [0.29, 0.717) is 5.56 Å². The average molecular weight is 393 g/mol. The van der Waals surface area contributed by atoms with Crippen LogP contribution in [0.2, 0.25) is 0 Å². The summed E-state index contributed by atoms with van der Waals surface area (Å²) in [7, 11) is 0. The van der Waals surface area contributed by atoms with E-state index >= 15 is 0 Å². The Morgan fingerprint density at radius 2 is 1.71 bits per heavy atom. The quantitative estimate of drug-likeness (QED) is 0.708. The van der Waals surface area contributed by atoms with Gasteiger partial charge in [0, 0.05) is 0 Å². The number of rotatable bonds is 7. The molecule has 0 aliphatic carbocycles. The highest BCUT2D eigenvalue weighted by atomic mass is 19.4. The molecule has 0 saturated heterocycles. The van der Waals surface area contributed by atoms with Crippen LogP contribution in [0.15, 0.2) is 54.6 Å². The van der Waals surface area contributed by atoms with Crippen molar-refractivity contribution in [3.05, 3.63) is 71.3 Å². The summed E-state index contributed by atoms with van der Waals surface area (Å²) in [6.07, 6.45) is -5.06. The number of ether oxygens (including phenoxy) is 1. The van der Waals surface area contributed by atoms with Gasteiger partial charge in [0.2, 0.25) is 5.91 Å². The number of nitrogens with one attached hydrogen (secondary N) is 1. The van der Waals surface area contributed by atoms with Crippen LogP contribution in [-0.2, 0) is 26.9 Å². The lowest BCUT2D eigenvalue weighted by Gasteiger charge is -2.19. The third-order valence-corrected chi connectivity index (χ3v) is 3.89. The van der Waals surface area contributed by atoms with Crippen molar-refractivity contribution in [2.24, 2.45) is 0 Å². The minimum atomic E-state index is -4.47. The number of alkyl halides is 3. The average Bonchev–Trinajstić information content (AvgIpc) is 2.60. The highest BCUT2D eigenvalue weighted by molar-refractivity contribution is 5.80. The van der Waals surface area contributed by atoms with E-state index in [0.717, 1.165) is 12.1 Å². The predicted molar refractivity (Wildman–Crippen MR) is 98.3 cm³/mol.